The summed E-state index contributed by atoms with van der Waals surface area (Å²) < 4.78 is 13.9. The summed E-state index contributed by atoms with van der Waals surface area (Å²) in [5, 5.41) is 2.35. The summed E-state index contributed by atoms with van der Waals surface area (Å²) in [4.78, 5) is 25.9. The Labute approximate surface area is 110 Å². The van der Waals surface area contributed by atoms with E-state index < -0.39 is 17.2 Å². The van der Waals surface area contributed by atoms with E-state index in [1.165, 1.54) is 30.6 Å². The molecule has 1 aromatic heterocycles. The van der Waals surface area contributed by atoms with Crippen molar-refractivity contribution < 1.29 is 9.18 Å². The lowest BCUT2D eigenvalue weighted by atomic mass is 10.2. The Balaban J connectivity index is 2.33. The van der Waals surface area contributed by atoms with Crippen molar-refractivity contribution in [3.05, 3.63) is 62.7 Å². The van der Waals surface area contributed by atoms with E-state index in [1.807, 2.05) is 0 Å². The second kappa shape index (κ2) is 5.14. The maximum absolute atomic E-state index is 13.5. The molecule has 0 fully saturated rings. The number of carbonyl (C=O) groups excluding carboxylic acids is 1. The first-order valence-electron chi connectivity index (χ1n) is 5.02. The van der Waals surface area contributed by atoms with Gasteiger partial charge in [0.25, 0.3) is 5.91 Å². The molecular formula is C12H8BrFN2O2. The van der Waals surface area contributed by atoms with Crippen molar-refractivity contribution in [1.29, 1.82) is 0 Å². The topological polar surface area (TPSA) is 62.0 Å². The molecule has 6 heteroatoms. The lowest BCUT2D eigenvalue weighted by molar-refractivity contribution is 0.102. The highest BCUT2D eigenvalue weighted by Crippen LogP contribution is 2.25. The molecule has 1 aromatic carbocycles. The molecule has 0 radical (unpaired) electrons. The van der Waals surface area contributed by atoms with Crippen LogP contribution in [0.1, 0.15) is 10.4 Å². The molecule has 2 aromatic rings. The van der Waals surface area contributed by atoms with Gasteiger partial charge in [0.15, 0.2) is 5.43 Å². The van der Waals surface area contributed by atoms with E-state index in [-0.39, 0.29) is 11.3 Å². The van der Waals surface area contributed by atoms with Crippen molar-refractivity contribution in [2.75, 3.05) is 5.32 Å². The van der Waals surface area contributed by atoms with Crippen molar-refractivity contribution in [3.8, 4) is 0 Å². The smallest absolute Gasteiger partial charge is 0.261 e. The number of amides is 1. The SMILES string of the molecule is O=C(Nc1c(F)cccc1Br)c1c[nH]ccc1=O. The Morgan fingerprint density at radius 2 is 2.11 bits per heavy atom. The van der Waals surface area contributed by atoms with Gasteiger partial charge >= 0.3 is 0 Å². The molecule has 0 spiro atoms. The molecule has 0 unspecified atom stereocenters. The van der Waals surface area contributed by atoms with Gasteiger partial charge in [-0.2, -0.15) is 0 Å². The first-order valence-corrected chi connectivity index (χ1v) is 5.81. The van der Waals surface area contributed by atoms with Crippen LogP contribution in [-0.4, -0.2) is 10.9 Å². The lowest BCUT2D eigenvalue weighted by Crippen LogP contribution is -2.21. The van der Waals surface area contributed by atoms with E-state index in [9.17, 15) is 14.0 Å². The zero-order valence-electron chi connectivity index (χ0n) is 9.04. The number of nitrogens with one attached hydrogen (secondary N) is 2. The predicted molar refractivity (Wildman–Crippen MR) is 69.1 cm³/mol. The highest BCUT2D eigenvalue weighted by Gasteiger charge is 2.14. The van der Waals surface area contributed by atoms with Gasteiger partial charge in [-0.05, 0) is 28.1 Å². The minimum atomic E-state index is -0.664. The molecule has 92 valence electrons. The van der Waals surface area contributed by atoms with E-state index in [4.69, 9.17) is 0 Å². The van der Waals surface area contributed by atoms with E-state index in [0.29, 0.717) is 4.47 Å². The number of H-pyrrole nitrogens is 1. The zero-order chi connectivity index (χ0) is 13.1. The minimum Gasteiger partial charge on any atom is -0.367 e. The largest absolute Gasteiger partial charge is 0.367 e. The Morgan fingerprint density at radius 1 is 1.33 bits per heavy atom. The summed E-state index contributed by atoms with van der Waals surface area (Å²) in [6.45, 7) is 0. The average molecular weight is 311 g/mol. The summed E-state index contributed by atoms with van der Waals surface area (Å²) in [6, 6.07) is 5.54. The number of benzene rings is 1. The zero-order valence-corrected chi connectivity index (χ0v) is 10.6. The summed E-state index contributed by atoms with van der Waals surface area (Å²) in [5.41, 5.74) is -0.503. The number of carbonyl (C=O) groups is 1. The third-order valence-corrected chi connectivity index (χ3v) is 2.93. The number of aromatic nitrogens is 1. The Morgan fingerprint density at radius 3 is 2.78 bits per heavy atom. The number of para-hydroxylation sites is 1. The third-order valence-electron chi connectivity index (χ3n) is 2.27. The second-order valence-corrected chi connectivity index (χ2v) is 4.33. The van der Waals surface area contributed by atoms with Crippen LogP contribution in [0.15, 0.2) is 45.9 Å². The van der Waals surface area contributed by atoms with Crippen LogP contribution in [0.5, 0.6) is 0 Å². The third kappa shape index (κ3) is 2.48. The number of anilines is 1. The summed E-state index contributed by atoms with van der Waals surface area (Å²) in [7, 11) is 0. The number of hydrogen-bond acceptors (Lipinski definition) is 2. The van der Waals surface area contributed by atoms with E-state index in [1.54, 1.807) is 6.07 Å². The van der Waals surface area contributed by atoms with Gasteiger partial charge in [-0.25, -0.2) is 4.39 Å². The number of halogens is 2. The van der Waals surface area contributed by atoms with Crippen LogP contribution >= 0.6 is 15.9 Å². The fourth-order valence-corrected chi connectivity index (χ4v) is 1.83. The number of pyridine rings is 1. The Kier molecular flexibility index (Phi) is 3.57. The van der Waals surface area contributed by atoms with Gasteiger partial charge in [-0.1, -0.05) is 6.07 Å². The maximum atomic E-state index is 13.5. The molecule has 0 saturated carbocycles. The molecule has 0 aliphatic carbocycles. The molecule has 2 rings (SSSR count). The van der Waals surface area contributed by atoms with Crippen LogP contribution in [0.25, 0.3) is 0 Å². The van der Waals surface area contributed by atoms with Gasteiger partial charge in [-0.15, -0.1) is 0 Å². The highest BCUT2D eigenvalue weighted by atomic mass is 79.9. The Hall–Kier alpha value is -1.95. The van der Waals surface area contributed by atoms with Gasteiger partial charge in [0.05, 0.1) is 5.69 Å². The molecule has 0 aliphatic rings. The average Bonchev–Trinajstić information content (AvgIpc) is 2.34. The molecular weight excluding hydrogens is 303 g/mol. The molecule has 2 N–H and O–H groups in total. The standard InChI is InChI=1S/C12H8BrFN2O2/c13-8-2-1-3-9(14)11(8)16-12(18)7-6-15-5-4-10(7)17/h1-6H,(H,15,17)(H,16,18). The molecule has 1 heterocycles. The summed E-state index contributed by atoms with van der Waals surface area (Å²) in [6.07, 6.45) is 2.69. The van der Waals surface area contributed by atoms with Crippen molar-refractivity contribution in [2.24, 2.45) is 0 Å². The normalized spacial score (nSPS) is 10.1. The van der Waals surface area contributed by atoms with Gasteiger partial charge in [0.1, 0.15) is 11.4 Å². The maximum Gasteiger partial charge on any atom is 0.261 e. The molecule has 18 heavy (non-hydrogen) atoms. The molecule has 0 atom stereocenters. The van der Waals surface area contributed by atoms with Crippen molar-refractivity contribution in [3.63, 3.8) is 0 Å². The monoisotopic (exact) mass is 310 g/mol. The number of aromatic amines is 1. The molecule has 4 nitrogen and oxygen atoms in total. The van der Waals surface area contributed by atoms with Gasteiger partial charge in [0, 0.05) is 22.9 Å². The van der Waals surface area contributed by atoms with E-state index in [0.717, 1.165) is 0 Å². The van der Waals surface area contributed by atoms with Crippen LogP contribution in [-0.2, 0) is 0 Å². The molecule has 0 saturated heterocycles. The molecule has 0 bridgehead atoms. The fraction of sp³-hybridized carbons (Fsp3) is 0. The first kappa shape index (κ1) is 12.5. The number of hydrogen-bond donors (Lipinski definition) is 2. The summed E-state index contributed by atoms with van der Waals surface area (Å²) in [5.74, 6) is -1.24. The minimum absolute atomic E-state index is 0.00533. The Bertz CT molecular complexity index is 634. The van der Waals surface area contributed by atoms with E-state index >= 15 is 0 Å². The van der Waals surface area contributed by atoms with Crippen molar-refractivity contribution in [1.82, 2.24) is 4.98 Å². The van der Waals surface area contributed by atoms with Crippen LogP contribution in [0.2, 0.25) is 0 Å². The lowest BCUT2D eigenvalue weighted by Gasteiger charge is -2.07. The molecule has 1 amide bonds. The van der Waals surface area contributed by atoms with Crippen LogP contribution < -0.4 is 10.7 Å². The van der Waals surface area contributed by atoms with Gasteiger partial charge in [0.2, 0.25) is 0 Å². The van der Waals surface area contributed by atoms with Gasteiger partial charge < -0.3 is 10.3 Å². The second-order valence-electron chi connectivity index (χ2n) is 3.47. The van der Waals surface area contributed by atoms with Crippen LogP contribution in [0.4, 0.5) is 10.1 Å². The first-order chi connectivity index (χ1) is 8.59. The van der Waals surface area contributed by atoms with Gasteiger partial charge in [-0.3, -0.25) is 9.59 Å². The van der Waals surface area contributed by atoms with Crippen molar-refractivity contribution in [2.45, 2.75) is 0 Å². The number of rotatable bonds is 2. The predicted octanol–water partition coefficient (Wildman–Crippen LogP) is 2.53. The molecule has 0 aliphatic heterocycles. The summed E-state index contributed by atoms with van der Waals surface area (Å²) >= 11 is 3.13. The van der Waals surface area contributed by atoms with Crippen LogP contribution in [0.3, 0.4) is 0 Å². The van der Waals surface area contributed by atoms with E-state index in [2.05, 4.69) is 26.2 Å². The fourth-order valence-electron chi connectivity index (χ4n) is 1.39. The highest BCUT2D eigenvalue weighted by molar-refractivity contribution is 9.10. The quantitative estimate of drug-likeness (QED) is 0.895. The van der Waals surface area contributed by atoms with Crippen LogP contribution in [0, 0.1) is 5.82 Å². The van der Waals surface area contributed by atoms with Crippen molar-refractivity contribution >= 4 is 27.5 Å².